The first-order chi connectivity index (χ1) is 6.09. The average molecular weight is 306 g/mol. The van der Waals surface area contributed by atoms with E-state index < -0.39 is 0 Å². The van der Waals surface area contributed by atoms with E-state index in [1.54, 1.807) is 0 Å². The Bertz CT molecular complexity index is 249. The van der Waals surface area contributed by atoms with Crippen LogP contribution < -0.4 is 0 Å². The molecule has 0 heterocycles. The fourth-order valence-electron chi connectivity index (χ4n) is 1.27. The first-order valence-corrected chi connectivity index (χ1v) is 6.29. The second-order valence-electron chi connectivity index (χ2n) is 3.64. The third kappa shape index (κ3) is 3.82. The van der Waals surface area contributed by atoms with E-state index in [1.807, 2.05) is 0 Å². The van der Waals surface area contributed by atoms with Crippen molar-refractivity contribution < 1.29 is 0 Å². The van der Waals surface area contributed by atoms with Crippen molar-refractivity contribution in [2.75, 3.05) is 0 Å². The van der Waals surface area contributed by atoms with Gasteiger partial charge in [-0.25, -0.2) is 0 Å². The van der Waals surface area contributed by atoms with Gasteiger partial charge in [-0.1, -0.05) is 70.0 Å². The highest BCUT2D eigenvalue weighted by molar-refractivity contribution is 9.24. The molecule has 0 aliphatic carbocycles. The highest BCUT2D eigenvalue weighted by Crippen LogP contribution is 2.29. The molecule has 2 heteroatoms. The Morgan fingerprint density at radius 1 is 1.08 bits per heavy atom. The van der Waals surface area contributed by atoms with Gasteiger partial charge in [0.1, 0.15) is 0 Å². The zero-order valence-electron chi connectivity index (χ0n) is 7.93. The van der Waals surface area contributed by atoms with E-state index in [0.29, 0.717) is 0 Å². The highest BCUT2D eigenvalue weighted by atomic mass is 79.9. The molecule has 0 unspecified atom stereocenters. The normalized spacial score (nSPS) is 11.2. The molecule has 0 radical (unpaired) electrons. The Morgan fingerprint density at radius 2 is 1.62 bits per heavy atom. The molecule has 0 fully saturated rings. The Labute approximate surface area is 97.0 Å². The van der Waals surface area contributed by atoms with Crippen molar-refractivity contribution in [3.05, 3.63) is 35.4 Å². The molecule has 0 saturated heterocycles. The first kappa shape index (κ1) is 11.3. The maximum atomic E-state index is 3.47. The quantitative estimate of drug-likeness (QED) is 0.712. The molecule has 1 rings (SSSR count). The second kappa shape index (κ2) is 5.16. The number of alkyl halides is 2. The van der Waals surface area contributed by atoms with Crippen molar-refractivity contribution in [2.45, 2.75) is 24.0 Å². The molecule has 0 nitrogen and oxygen atoms in total. The zero-order valence-corrected chi connectivity index (χ0v) is 11.1. The van der Waals surface area contributed by atoms with Gasteiger partial charge in [0.15, 0.2) is 0 Å². The maximum Gasteiger partial charge on any atom is 0.0946 e. The van der Waals surface area contributed by atoms with E-state index in [-0.39, 0.29) is 3.74 Å². The van der Waals surface area contributed by atoms with Crippen LogP contribution in [0.3, 0.4) is 0 Å². The summed E-state index contributed by atoms with van der Waals surface area (Å²) in [6.45, 7) is 4.48. The number of hydrogen-bond donors (Lipinski definition) is 0. The van der Waals surface area contributed by atoms with Gasteiger partial charge in [-0.15, -0.1) is 0 Å². The number of rotatable bonds is 3. The zero-order chi connectivity index (χ0) is 9.84. The van der Waals surface area contributed by atoms with Crippen molar-refractivity contribution in [1.29, 1.82) is 0 Å². The molecule has 0 bridgehead atoms. The summed E-state index contributed by atoms with van der Waals surface area (Å²) in [5.41, 5.74) is 2.69. The fraction of sp³-hybridized carbons (Fsp3) is 0.455. The van der Waals surface area contributed by atoms with Crippen LogP contribution in [-0.4, -0.2) is 0 Å². The molecule has 72 valence electrons. The van der Waals surface area contributed by atoms with Crippen LogP contribution in [0.5, 0.6) is 0 Å². The number of halogens is 2. The molecule has 0 atom stereocenters. The van der Waals surface area contributed by atoms with Gasteiger partial charge in [-0.2, -0.15) is 0 Å². The van der Waals surface area contributed by atoms with Crippen molar-refractivity contribution in [3.8, 4) is 0 Å². The number of hydrogen-bond acceptors (Lipinski definition) is 0. The largest absolute Gasteiger partial charge is 0.0946 e. The van der Waals surface area contributed by atoms with Gasteiger partial charge in [-0.05, 0) is 23.5 Å². The van der Waals surface area contributed by atoms with E-state index in [4.69, 9.17) is 0 Å². The summed E-state index contributed by atoms with van der Waals surface area (Å²) in [4.78, 5) is 0. The molecular formula is C11H14Br2. The lowest BCUT2D eigenvalue weighted by Crippen LogP contribution is -1.93. The van der Waals surface area contributed by atoms with Crippen LogP contribution in [0.2, 0.25) is 0 Å². The Hall–Kier alpha value is 0.180. The van der Waals surface area contributed by atoms with E-state index in [2.05, 4.69) is 70.0 Å². The van der Waals surface area contributed by atoms with Crippen LogP contribution in [0.25, 0.3) is 0 Å². The predicted molar refractivity (Wildman–Crippen MR) is 65.6 cm³/mol. The van der Waals surface area contributed by atoms with Crippen LogP contribution in [0.4, 0.5) is 0 Å². The minimum absolute atomic E-state index is 0.271. The summed E-state index contributed by atoms with van der Waals surface area (Å²) in [6, 6.07) is 8.72. The summed E-state index contributed by atoms with van der Waals surface area (Å²) in [5.74, 6) is 0.731. The van der Waals surface area contributed by atoms with Crippen molar-refractivity contribution in [3.63, 3.8) is 0 Å². The van der Waals surface area contributed by atoms with Crippen molar-refractivity contribution >= 4 is 31.9 Å². The predicted octanol–water partition coefficient (Wildman–Crippen LogP) is 4.67. The van der Waals surface area contributed by atoms with Crippen LogP contribution in [-0.2, 0) is 6.42 Å². The average Bonchev–Trinajstić information content (AvgIpc) is 2.04. The van der Waals surface area contributed by atoms with Gasteiger partial charge in [0.05, 0.1) is 3.74 Å². The summed E-state index contributed by atoms with van der Waals surface area (Å²) in [5, 5.41) is 0. The van der Waals surface area contributed by atoms with Gasteiger partial charge < -0.3 is 0 Å². The monoisotopic (exact) mass is 304 g/mol. The lowest BCUT2D eigenvalue weighted by molar-refractivity contribution is 0.647. The van der Waals surface area contributed by atoms with Crippen LogP contribution in [0.1, 0.15) is 28.7 Å². The molecule has 0 amide bonds. The highest BCUT2D eigenvalue weighted by Gasteiger charge is 2.02. The van der Waals surface area contributed by atoms with E-state index in [0.717, 1.165) is 12.3 Å². The summed E-state index contributed by atoms with van der Waals surface area (Å²) >= 11 is 6.95. The topological polar surface area (TPSA) is 0 Å². The van der Waals surface area contributed by atoms with Crippen LogP contribution in [0.15, 0.2) is 24.3 Å². The van der Waals surface area contributed by atoms with E-state index in [1.165, 1.54) is 11.1 Å². The van der Waals surface area contributed by atoms with Gasteiger partial charge in [0.2, 0.25) is 0 Å². The summed E-state index contributed by atoms with van der Waals surface area (Å²) < 4.78 is 0.271. The van der Waals surface area contributed by atoms with Gasteiger partial charge in [0.25, 0.3) is 0 Å². The van der Waals surface area contributed by atoms with Gasteiger partial charge in [-0.3, -0.25) is 0 Å². The minimum Gasteiger partial charge on any atom is -0.0712 e. The Kier molecular flexibility index (Phi) is 4.47. The molecule has 13 heavy (non-hydrogen) atoms. The van der Waals surface area contributed by atoms with E-state index in [9.17, 15) is 0 Å². The molecule has 0 saturated carbocycles. The second-order valence-corrected chi connectivity index (χ2v) is 6.70. The summed E-state index contributed by atoms with van der Waals surface area (Å²) in [7, 11) is 0. The Morgan fingerprint density at radius 3 is 2.00 bits per heavy atom. The van der Waals surface area contributed by atoms with Crippen molar-refractivity contribution in [1.82, 2.24) is 0 Å². The molecule has 0 aliphatic rings. The molecule has 0 aromatic heterocycles. The van der Waals surface area contributed by atoms with Gasteiger partial charge >= 0.3 is 0 Å². The lowest BCUT2D eigenvalue weighted by Gasteiger charge is -2.06. The Balaban J connectivity index is 2.70. The van der Waals surface area contributed by atoms with E-state index >= 15 is 0 Å². The molecular weight excluding hydrogens is 292 g/mol. The first-order valence-electron chi connectivity index (χ1n) is 4.46. The SMILES string of the molecule is CC(C)Cc1ccc(C(Br)Br)cc1. The minimum atomic E-state index is 0.271. The van der Waals surface area contributed by atoms with Gasteiger partial charge in [0, 0.05) is 0 Å². The molecule has 0 aliphatic heterocycles. The van der Waals surface area contributed by atoms with Crippen molar-refractivity contribution in [2.24, 2.45) is 5.92 Å². The van der Waals surface area contributed by atoms with Crippen LogP contribution >= 0.6 is 31.9 Å². The third-order valence-corrected chi connectivity index (χ3v) is 2.93. The smallest absolute Gasteiger partial charge is 0.0712 e. The summed E-state index contributed by atoms with van der Waals surface area (Å²) in [6.07, 6.45) is 1.16. The maximum absolute atomic E-state index is 3.47. The van der Waals surface area contributed by atoms with Crippen LogP contribution in [0, 0.1) is 5.92 Å². The molecule has 0 N–H and O–H groups in total. The number of benzene rings is 1. The molecule has 1 aromatic carbocycles. The molecule has 0 spiro atoms. The third-order valence-electron chi connectivity index (χ3n) is 1.88. The standard InChI is InChI=1S/C11H14Br2/c1-8(2)7-9-3-5-10(6-4-9)11(12)13/h3-6,8,11H,7H2,1-2H3. The fourth-order valence-corrected chi connectivity index (χ4v) is 1.88. The lowest BCUT2D eigenvalue weighted by atomic mass is 10.0. The molecule has 1 aromatic rings.